The molecule has 0 unspecified atom stereocenters. The molecule has 0 radical (unpaired) electrons. The zero-order valence-corrected chi connectivity index (χ0v) is 9.27. The molecular formula is C8H12ClN3S. The first-order chi connectivity index (χ1) is 6.24. The van der Waals surface area contributed by atoms with E-state index in [9.17, 15) is 0 Å². The van der Waals surface area contributed by atoms with Gasteiger partial charge in [0.1, 0.15) is 5.82 Å². The Balaban J connectivity index is 2.60. The predicted octanol–water partition coefficient (Wildman–Crippen LogP) is 1.93. The molecule has 0 atom stereocenters. The van der Waals surface area contributed by atoms with Gasteiger partial charge in [0.05, 0.1) is 0 Å². The third-order valence-electron chi connectivity index (χ3n) is 1.63. The lowest BCUT2D eigenvalue weighted by atomic mass is 10.5. The van der Waals surface area contributed by atoms with Crippen molar-refractivity contribution in [3.8, 4) is 0 Å². The summed E-state index contributed by atoms with van der Waals surface area (Å²) in [7, 11) is 1.99. The summed E-state index contributed by atoms with van der Waals surface area (Å²) in [6.45, 7) is 0.967. The van der Waals surface area contributed by atoms with Gasteiger partial charge in [-0.15, -0.1) is 0 Å². The lowest BCUT2D eigenvalue weighted by Crippen LogP contribution is -2.21. The standard InChI is InChI=1S/C8H12ClN3S/c1-12(5-6-13-2)7-3-4-10-8(9)11-7/h3-4H,5-6H2,1-2H3. The fourth-order valence-electron chi connectivity index (χ4n) is 0.881. The van der Waals surface area contributed by atoms with Crippen molar-refractivity contribution in [3.05, 3.63) is 17.5 Å². The molecule has 13 heavy (non-hydrogen) atoms. The molecule has 0 aliphatic rings. The Morgan fingerprint density at radius 2 is 2.38 bits per heavy atom. The van der Waals surface area contributed by atoms with E-state index < -0.39 is 0 Å². The molecule has 0 bridgehead atoms. The summed E-state index contributed by atoms with van der Waals surface area (Å²) >= 11 is 7.48. The van der Waals surface area contributed by atoms with E-state index in [1.807, 2.05) is 24.9 Å². The molecular weight excluding hydrogens is 206 g/mol. The van der Waals surface area contributed by atoms with Gasteiger partial charge in [0, 0.05) is 25.5 Å². The number of hydrogen-bond acceptors (Lipinski definition) is 4. The van der Waals surface area contributed by atoms with Crippen molar-refractivity contribution < 1.29 is 0 Å². The second-order valence-corrected chi connectivity index (χ2v) is 3.92. The van der Waals surface area contributed by atoms with Gasteiger partial charge < -0.3 is 4.90 Å². The lowest BCUT2D eigenvalue weighted by Gasteiger charge is -2.16. The Bertz CT molecular complexity index is 269. The molecule has 0 saturated heterocycles. The van der Waals surface area contributed by atoms with Gasteiger partial charge >= 0.3 is 0 Å². The number of rotatable bonds is 4. The highest BCUT2D eigenvalue weighted by Gasteiger charge is 2.01. The Morgan fingerprint density at radius 3 is 3.00 bits per heavy atom. The quantitative estimate of drug-likeness (QED) is 0.721. The van der Waals surface area contributed by atoms with E-state index in [0.29, 0.717) is 5.28 Å². The summed E-state index contributed by atoms with van der Waals surface area (Å²) in [5.74, 6) is 1.95. The summed E-state index contributed by atoms with van der Waals surface area (Å²) in [6, 6.07) is 1.85. The van der Waals surface area contributed by atoms with Crippen LogP contribution in [0.15, 0.2) is 12.3 Å². The summed E-state index contributed by atoms with van der Waals surface area (Å²) in [5.41, 5.74) is 0. The average molecular weight is 218 g/mol. The van der Waals surface area contributed by atoms with E-state index in [0.717, 1.165) is 18.1 Å². The van der Waals surface area contributed by atoms with Crippen LogP contribution in [0.2, 0.25) is 5.28 Å². The van der Waals surface area contributed by atoms with Gasteiger partial charge in [-0.1, -0.05) is 0 Å². The second-order valence-electron chi connectivity index (χ2n) is 2.60. The highest BCUT2D eigenvalue weighted by atomic mass is 35.5. The molecule has 1 heterocycles. The largest absolute Gasteiger partial charge is 0.359 e. The first kappa shape index (κ1) is 10.6. The van der Waals surface area contributed by atoms with Crippen molar-refractivity contribution in [2.24, 2.45) is 0 Å². The van der Waals surface area contributed by atoms with E-state index in [2.05, 4.69) is 21.1 Å². The first-order valence-electron chi connectivity index (χ1n) is 3.92. The topological polar surface area (TPSA) is 29.0 Å². The predicted molar refractivity (Wildman–Crippen MR) is 58.7 cm³/mol. The molecule has 1 rings (SSSR count). The van der Waals surface area contributed by atoms with Gasteiger partial charge in [-0.25, -0.2) is 9.97 Å². The number of anilines is 1. The van der Waals surface area contributed by atoms with Crippen molar-refractivity contribution in [3.63, 3.8) is 0 Å². The summed E-state index contributed by atoms with van der Waals surface area (Å²) in [5, 5.41) is 0.300. The van der Waals surface area contributed by atoms with E-state index >= 15 is 0 Å². The van der Waals surface area contributed by atoms with Crippen LogP contribution < -0.4 is 4.90 Å². The molecule has 0 amide bonds. The van der Waals surface area contributed by atoms with Crippen LogP contribution in [-0.4, -0.2) is 35.6 Å². The minimum Gasteiger partial charge on any atom is -0.359 e. The Morgan fingerprint density at radius 1 is 1.62 bits per heavy atom. The number of thioether (sulfide) groups is 1. The third kappa shape index (κ3) is 3.40. The van der Waals surface area contributed by atoms with Gasteiger partial charge in [0.25, 0.3) is 0 Å². The van der Waals surface area contributed by atoms with Crippen LogP contribution in [0.3, 0.4) is 0 Å². The minimum atomic E-state index is 0.300. The van der Waals surface area contributed by atoms with Gasteiger partial charge in [0.15, 0.2) is 0 Å². The highest BCUT2D eigenvalue weighted by molar-refractivity contribution is 7.98. The Kier molecular flexibility index (Phi) is 4.32. The lowest BCUT2D eigenvalue weighted by molar-refractivity contribution is 0.936. The SMILES string of the molecule is CSCCN(C)c1ccnc(Cl)n1. The number of hydrogen-bond donors (Lipinski definition) is 0. The van der Waals surface area contributed by atoms with E-state index in [4.69, 9.17) is 11.6 Å². The van der Waals surface area contributed by atoms with Crippen LogP contribution in [0.25, 0.3) is 0 Å². The van der Waals surface area contributed by atoms with Crippen LogP contribution >= 0.6 is 23.4 Å². The van der Waals surface area contributed by atoms with Gasteiger partial charge in [0.2, 0.25) is 5.28 Å². The van der Waals surface area contributed by atoms with Crippen molar-refractivity contribution in [2.75, 3.05) is 30.5 Å². The molecule has 0 aliphatic carbocycles. The molecule has 1 aromatic heterocycles. The Hall–Kier alpha value is -0.480. The molecule has 0 spiro atoms. The van der Waals surface area contributed by atoms with E-state index in [-0.39, 0.29) is 0 Å². The van der Waals surface area contributed by atoms with Crippen molar-refractivity contribution in [1.29, 1.82) is 0 Å². The number of nitrogens with zero attached hydrogens (tertiary/aromatic N) is 3. The summed E-state index contributed by atoms with van der Waals surface area (Å²) in [4.78, 5) is 9.98. The second kappa shape index (κ2) is 5.29. The van der Waals surface area contributed by atoms with Crippen LogP contribution in [-0.2, 0) is 0 Å². The summed E-state index contributed by atoms with van der Waals surface area (Å²) < 4.78 is 0. The molecule has 1 aromatic rings. The molecule has 0 saturated carbocycles. The highest BCUT2D eigenvalue weighted by Crippen LogP contribution is 2.10. The van der Waals surface area contributed by atoms with Gasteiger partial charge in [-0.2, -0.15) is 11.8 Å². The van der Waals surface area contributed by atoms with E-state index in [1.165, 1.54) is 0 Å². The van der Waals surface area contributed by atoms with Crippen molar-refractivity contribution >= 4 is 29.2 Å². The molecule has 72 valence electrons. The summed E-state index contributed by atoms with van der Waals surface area (Å²) in [6.07, 6.45) is 3.75. The monoisotopic (exact) mass is 217 g/mol. The zero-order chi connectivity index (χ0) is 9.68. The number of halogens is 1. The van der Waals surface area contributed by atoms with Crippen LogP contribution in [0, 0.1) is 0 Å². The van der Waals surface area contributed by atoms with Gasteiger partial charge in [-0.3, -0.25) is 0 Å². The molecule has 0 aromatic carbocycles. The van der Waals surface area contributed by atoms with Crippen molar-refractivity contribution in [2.45, 2.75) is 0 Å². The first-order valence-corrected chi connectivity index (χ1v) is 5.70. The normalized spacial score (nSPS) is 10.1. The maximum atomic E-state index is 5.67. The number of aromatic nitrogens is 2. The van der Waals surface area contributed by atoms with E-state index in [1.54, 1.807) is 6.20 Å². The smallest absolute Gasteiger partial charge is 0.224 e. The van der Waals surface area contributed by atoms with Gasteiger partial charge in [-0.05, 0) is 23.9 Å². The molecule has 0 aliphatic heterocycles. The Labute approximate surface area is 87.5 Å². The average Bonchev–Trinajstić information content (AvgIpc) is 2.14. The molecule has 0 fully saturated rings. The fourth-order valence-corrected chi connectivity index (χ4v) is 1.48. The van der Waals surface area contributed by atoms with Crippen LogP contribution in [0.4, 0.5) is 5.82 Å². The molecule has 3 nitrogen and oxygen atoms in total. The van der Waals surface area contributed by atoms with Crippen molar-refractivity contribution in [1.82, 2.24) is 9.97 Å². The fraction of sp³-hybridized carbons (Fsp3) is 0.500. The minimum absolute atomic E-state index is 0.300. The molecule has 0 N–H and O–H groups in total. The molecule has 5 heteroatoms. The van der Waals surface area contributed by atoms with Crippen LogP contribution in [0.1, 0.15) is 0 Å². The van der Waals surface area contributed by atoms with Crippen LogP contribution in [0.5, 0.6) is 0 Å². The zero-order valence-electron chi connectivity index (χ0n) is 7.70. The third-order valence-corrected chi connectivity index (χ3v) is 2.41. The maximum Gasteiger partial charge on any atom is 0.224 e. The maximum absolute atomic E-state index is 5.67.